The summed E-state index contributed by atoms with van der Waals surface area (Å²) in [5.74, 6) is 0.284. The maximum Gasteiger partial charge on any atom is 0.343 e. The number of nitrogens with zero attached hydrogens (tertiary/aromatic N) is 1. The van der Waals surface area contributed by atoms with Gasteiger partial charge in [0, 0.05) is 11.6 Å². The van der Waals surface area contributed by atoms with Gasteiger partial charge in [-0.1, -0.05) is 48.7 Å². The van der Waals surface area contributed by atoms with Crippen molar-refractivity contribution in [2.75, 3.05) is 6.61 Å². The molecule has 0 saturated heterocycles. The number of fused-ring (bicyclic) bond motifs is 1. The zero-order valence-corrected chi connectivity index (χ0v) is 20.4. The molecule has 4 rings (SSSR count). The zero-order chi connectivity index (χ0) is 24.9. The first-order valence-corrected chi connectivity index (χ1v) is 11.8. The summed E-state index contributed by atoms with van der Waals surface area (Å²) in [6.45, 7) is 2.72. The average Bonchev–Trinajstić information content (AvgIpc) is 2.85. The standard InChI is InChI=1S/C27H22Cl2N2O4/c1-2-3-12-33-18-7-4-16(5-8-18)27(32)34-19-9-10-20-24(14-19)35-26(31)21(15-30)25(20)17-6-11-22(28)23(29)13-17/h4-11,13-14,25H,2-3,12,31H2,1H3. The second-order valence-corrected chi connectivity index (χ2v) is 8.73. The van der Waals surface area contributed by atoms with E-state index in [1.54, 1.807) is 60.7 Å². The van der Waals surface area contributed by atoms with E-state index in [0.717, 1.165) is 18.4 Å². The Bertz CT molecular complexity index is 1330. The molecule has 0 radical (unpaired) electrons. The molecule has 0 fully saturated rings. The van der Waals surface area contributed by atoms with Crippen LogP contribution in [0.2, 0.25) is 10.0 Å². The van der Waals surface area contributed by atoms with E-state index < -0.39 is 11.9 Å². The van der Waals surface area contributed by atoms with Gasteiger partial charge in [-0.3, -0.25) is 0 Å². The first-order chi connectivity index (χ1) is 16.9. The lowest BCUT2D eigenvalue weighted by Gasteiger charge is -2.27. The maximum absolute atomic E-state index is 12.7. The van der Waals surface area contributed by atoms with Crippen LogP contribution in [0.15, 0.2) is 72.1 Å². The molecule has 35 heavy (non-hydrogen) atoms. The smallest absolute Gasteiger partial charge is 0.343 e. The van der Waals surface area contributed by atoms with E-state index in [9.17, 15) is 10.1 Å². The fourth-order valence-electron chi connectivity index (χ4n) is 3.72. The van der Waals surface area contributed by atoms with Gasteiger partial charge >= 0.3 is 5.97 Å². The van der Waals surface area contributed by atoms with Gasteiger partial charge in [0.1, 0.15) is 28.9 Å². The quantitative estimate of drug-likeness (QED) is 0.219. The molecule has 3 aromatic carbocycles. The van der Waals surface area contributed by atoms with Crippen LogP contribution in [0.1, 0.15) is 47.2 Å². The average molecular weight is 509 g/mol. The van der Waals surface area contributed by atoms with Crippen LogP contribution in [-0.4, -0.2) is 12.6 Å². The van der Waals surface area contributed by atoms with Gasteiger partial charge in [0.25, 0.3) is 0 Å². The summed E-state index contributed by atoms with van der Waals surface area (Å²) in [7, 11) is 0. The number of halogens is 2. The van der Waals surface area contributed by atoms with Crippen molar-refractivity contribution in [1.29, 1.82) is 5.26 Å². The van der Waals surface area contributed by atoms with Crippen molar-refractivity contribution < 1.29 is 19.0 Å². The Morgan fingerprint density at radius 1 is 1.06 bits per heavy atom. The second kappa shape index (κ2) is 10.7. The minimum atomic E-state index is -0.525. The molecule has 1 aliphatic rings. The Morgan fingerprint density at radius 3 is 2.49 bits per heavy atom. The van der Waals surface area contributed by atoms with Crippen molar-refractivity contribution in [3.63, 3.8) is 0 Å². The lowest BCUT2D eigenvalue weighted by Crippen LogP contribution is -2.21. The Balaban J connectivity index is 1.57. The van der Waals surface area contributed by atoms with Gasteiger partial charge in [-0.2, -0.15) is 5.26 Å². The van der Waals surface area contributed by atoms with Crippen LogP contribution in [0, 0.1) is 11.3 Å². The molecular formula is C27H22Cl2N2O4. The molecule has 1 atom stereocenters. The van der Waals surface area contributed by atoms with Crippen LogP contribution in [0.5, 0.6) is 17.2 Å². The Labute approximate surface area is 213 Å². The van der Waals surface area contributed by atoms with Gasteiger partial charge in [-0.15, -0.1) is 0 Å². The molecule has 1 aliphatic heterocycles. The van der Waals surface area contributed by atoms with E-state index in [4.69, 9.17) is 43.1 Å². The summed E-state index contributed by atoms with van der Waals surface area (Å²) in [6, 6.07) is 19.0. The molecule has 2 N–H and O–H groups in total. The largest absolute Gasteiger partial charge is 0.494 e. The molecule has 6 nitrogen and oxygen atoms in total. The molecule has 0 amide bonds. The minimum Gasteiger partial charge on any atom is -0.494 e. The molecule has 0 bridgehead atoms. The lowest BCUT2D eigenvalue weighted by molar-refractivity contribution is 0.0734. The minimum absolute atomic E-state index is 0.0294. The summed E-state index contributed by atoms with van der Waals surface area (Å²) >= 11 is 12.3. The van der Waals surface area contributed by atoms with Crippen LogP contribution in [0.4, 0.5) is 0 Å². The van der Waals surface area contributed by atoms with E-state index in [1.807, 2.05) is 0 Å². The van der Waals surface area contributed by atoms with E-state index >= 15 is 0 Å². The van der Waals surface area contributed by atoms with Crippen molar-refractivity contribution in [3.8, 4) is 23.3 Å². The summed E-state index contributed by atoms with van der Waals surface area (Å²) in [6.07, 6.45) is 2.01. The third kappa shape index (κ3) is 5.37. The molecule has 8 heteroatoms. The van der Waals surface area contributed by atoms with Crippen LogP contribution in [0.25, 0.3) is 0 Å². The summed E-state index contributed by atoms with van der Waals surface area (Å²) in [5, 5.41) is 10.5. The number of hydrogen-bond acceptors (Lipinski definition) is 6. The predicted octanol–water partition coefficient (Wildman–Crippen LogP) is 6.61. The Hall–Kier alpha value is -3.66. The summed E-state index contributed by atoms with van der Waals surface area (Å²) in [4.78, 5) is 12.7. The third-order valence-corrected chi connectivity index (χ3v) is 6.27. The molecule has 3 aromatic rings. The number of carbonyl (C=O) groups is 1. The summed E-state index contributed by atoms with van der Waals surface area (Å²) in [5.41, 5.74) is 8.10. The first kappa shape index (κ1) is 24.5. The Kier molecular flexibility index (Phi) is 7.50. The number of hydrogen-bond donors (Lipinski definition) is 1. The van der Waals surface area contributed by atoms with Crippen molar-refractivity contribution in [3.05, 3.63) is 98.9 Å². The second-order valence-electron chi connectivity index (χ2n) is 7.91. The highest BCUT2D eigenvalue weighted by atomic mass is 35.5. The highest BCUT2D eigenvalue weighted by molar-refractivity contribution is 6.42. The molecular weight excluding hydrogens is 487 g/mol. The molecule has 0 aliphatic carbocycles. The zero-order valence-electron chi connectivity index (χ0n) is 18.9. The third-order valence-electron chi connectivity index (χ3n) is 5.53. The number of unbranched alkanes of at least 4 members (excludes halogenated alkanes) is 1. The monoisotopic (exact) mass is 508 g/mol. The number of carbonyl (C=O) groups excluding carboxylic acids is 1. The molecule has 0 spiro atoms. The number of esters is 1. The van der Waals surface area contributed by atoms with Crippen molar-refractivity contribution in [2.45, 2.75) is 25.7 Å². The van der Waals surface area contributed by atoms with Gasteiger partial charge < -0.3 is 19.9 Å². The van der Waals surface area contributed by atoms with Crippen LogP contribution in [0.3, 0.4) is 0 Å². The molecule has 1 unspecified atom stereocenters. The van der Waals surface area contributed by atoms with Gasteiger partial charge in [-0.25, -0.2) is 4.79 Å². The highest BCUT2D eigenvalue weighted by Crippen LogP contribution is 2.44. The SMILES string of the molecule is CCCCOc1ccc(C(=O)Oc2ccc3c(c2)OC(N)=C(C#N)C3c2ccc(Cl)c(Cl)c2)cc1. The first-order valence-electron chi connectivity index (χ1n) is 11.0. The number of nitriles is 1. The lowest BCUT2D eigenvalue weighted by atomic mass is 9.83. The number of benzene rings is 3. The number of allylic oxidation sites excluding steroid dienone is 1. The van der Waals surface area contributed by atoms with Gasteiger partial charge in [-0.05, 0) is 54.4 Å². The van der Waals surface area contributed by atoms with Crippen molar-refractivity contribution in [1.82, 2.24) is 0 Å². The highest BCUT2D eigenvalue weighted by Gasteiger charge is 2.31. The van der Waals surface area contributed by atoms with Gasteiger partial charge in [0.15, 0.2) is 0 Å². The number of rotatable bonds is 7. The Morgan fingerprint density at radius 2 is 1.80 bits per heavy atom. The maximum atomic E-state index is 12.7. The predicted molar refractivity (Wildman–Crippen MR) is 134 cm³/mol. The van der Waals surface area contributed by atoms with Gasteiger partial charge in [0.05, 0.1) is 28.1 Å². The van der Waals surface area contributed by atoms with Crippen LogP contribution >= 0.6 is 23.2 Å². The van der Waals surface area contributed by atoms with E-state index in [0.29, 0.717) is 39.3 Å². The van der Waals surface area contributed by atoms with Crippen LogP contribution in [-0.2, 0) is 0 Å². The molecule has 0 saturated carbocycles. The van der Waals surface area contributed by atoms with Crippen molar-refractivity contribution in [2.24, 2.45) is 5.73 Å². The fraction of sp³-hybridized carbons (Fsp3) is 0.185. The van der Waals surface area contributed by atoms with E-state index in [-0.39, 0.29) is 17.2 Å². The van der Waals surface area contributed by atoms with E-state index in [1.165, 1.54) is 0 Å². The van der Waals surface area contributed by atoms with Crippen LogP contribution < -0.4 is 19.9 Å². The summed E-state index contributed by atoms with van der Waals surface area (Å²) < 4.78 is 16.9. The fourth-order valence-corrected chi connectivity index (χ4v) is 4.03. The molecule has 0 aromatic heterocycles. The number of ether oxygens (including phenoxy) is 3. The topological polar surface area (TPSA) is 94.6 Å². The number of nitrogens with two attached hydrogens (primary N) is 1. The van der Waals surface area contributed by atoms with E-state index in [2.05, 4.69) is 13.0 Å². The van der Waals surface area contributed by atoms with Crippen molar-refractivity contribution >= 4 is 29.2 Å². The molecule has 178 valence electrons. The normalized spacial score (nSPS) is 14.5. The van der Waals surface area contributed by atoms with Gasteiger partial charge in [0.2, 0.25) is 5.88 Å². The molecule has 1 heterocycles.